The predicted molar refractivity (Wildman–Crippen MR) is 167 cm³/mol. The highest BCUT2D eigenvalue weighted by Gasteiger charge is 2.62. The van der Waals surface area contributed by atoms with Crippen LogP contribution in [0.1, 0.15) is 68.5 Å². The van der Waals surface area contributed by atoms with E-state index in [1.54, 1.807) is 0 Å². The van der Waals surface area contributed by atoms with Gasteiger partial charge in [0.2, 0.25) is 0 Å². The van der Waals surface area contributed by atoms with Gasteiger partial charge in [-0.05, 0) is 54.4 Å². The van der Waals surface area contributed by atoms with Crippen molar-refractivity contribution in [1.29, 1.82) is 0 Å². The van der Waals surface area contributed by atoms with Crippen molar-refractivity contribution in [3.05, 3.63) is 33.1 Å². The molecule has 0 bridgehead atoms. The van der Waals surface area contributed by atoms with Crippen LogP contribution in [0.25, 0.3) is 0 Å². The monoisotopic (exact) mass is 618 g/mol. The van der Waals surface area contributed by atoms with E-state index in [2.05, 4.69) is 107 Å². The first-order valence-corrected chi connectivity index (χ1v) is 23.0. The van der Waals surface area contributed by atoms with Crippen molar-refractivity contribution in [2.75, 3.05) is 13.3 Å². The number of hydrogen-bond acceptors (Lipinski definition) is 6. The summed E-state index contributed by atoms with van der Waals surface area (Å²) in [6.45, 7) is 31.0. The lowest BCUT2D eigenvalue weighted by Crippen LogP contribution is -2.60. The van der Waals surface area contributed by atoms with Crippen LogP contribution in [0.15, 0.2) is 21.9 Å². The first kappa shape index (κ1) is 35.3. The average Bonchev–Trinajstić information content (AvgIpc) is 3.02. The number of aromatic amines is 1. The minimum Gasteiger partial charge on any atom is -0.414 e. The highest BCUT2D eigenvalue weighted by molar-refractivity contribution is 6.75. The summed E-state index contributed by atoms with van der Waals surface area (Å²) in [5, 5.41) is -0.456. The van der Waals surface area contributed by atoms with Gasteiger partial charge in [0.05, 0.1) is 6.61 Å². The molecule has 8 nitrogen and oxygen atoms in total. The summed E-state index contributed by atoms with van der Waals surface area (Å²) in [4.78, 5) is 27.3. The number of aromatic nitrogens is 2. The lowest BCUT2D eigenvalue weighted by molar-refractivity contribution is -0.133. The Morgan fingerprint density at radius 3 is 1.77 bits per heavy atom. The van der Waals surface area contributed by atoms with E-state index in [9.17, 15) is 9.59 Å². The molecule has 12 heteroatoms. The van der Waals surface area contributed by atoms with E-state index in [0.717, 1.165) is 0 Å². The van der Waals surface area contributed by atoms with E-state index < -0.39 is 66.9 Å². The van der Waals surface area contributed by atoms with Crippen LogP contribution in [0.3, 0.4) is 0 Å². The number of alkyl halides is 1. The minimum absolute atomic E-state index is 0.0365. The molecule has 2 heterocycles. The van der Waals surface area contributed by atoms with Gasteiger partial charge < -0.3 is 18.0 Å². The van der Waals surface area contributed by atoms with E-state index in [1.165, 1.54) is 16.8 Å². The second-order valence-electron chi connectivity index (χ2n) is 15.9. The standard InChI is InChI=1S/C28H55FN2O6Si3/c1-25(2,3)38(10,11)34-19-28(18-29)22(37-40(14,15)27(7,8)9)21(36-39(12,13)26(4,5)6)23(35-28)31-17-16-20(32)30-24(31)33/h16-17,21-23H,18-19H2,1-15H3,(H,30,32,33)/t21-,22-,23+,28+/m0/s1. The van der Waals surface area contributed by atoms with Crippen molar-refractivity contribution in [2.45, 2.75) is 141 Å². The molecule has 40 heavy (non-hydrogen) atoms. The Labute approximate surface area is 243 Å². The molecule has 1 fully saturated rings. The number of halogens is 1. The minimum atomic E-state index is -2.50. The molecular weight excluding hydrogens is 564 g/mol. The molecule has 0 spiro atoms. The number of hydrogen-bond donors (Lipinski definition) is 1. The molecule has 0 radical (unpaired) electrons. The number of H-pyrrole nitrogens is 1. The van der Waals surface area contributed by atoms with Gasteiger partial charge in [0.1, 0.15) is 24.5 Å². The Morgan fingerprint density at radius 1 is 0.875 bits per heavy atom. The molecule has 232 valence electrons. The first-order chi connectivity index (χ1) is 17.7. The highest BCUT2D eigenvalue weighted by atomic mass is 28.4. The highest BCUT2D eigenvalue weighted by Crippen LogP contribution is 2.49. The average molecular weight is 619 g/mol. The van der Waals surface area contributed by atoms with Crippen LogP contribution >= 0.6 is 0 Å². The molecule has 1 aliphatic rings. The molecule has 1 N–H and O–H groups in total. The van der Waals surface area contributed by atoms with Gasteiger partial charge >= 0.3 is 5.69 Å². The topological polar surface area (TPSA) is 91.8 Å². The zero-order valence-electron chi connectivity index (χ0n) is 27.6. The van der Waals surface area contributed by atoms with E-state index >= 15 is 4.39 Å². The lowest BCUT2D eigenvalue weighted by atomic mass is 9.97. The van der Waals surface area contributed by atoms with Gasteiger partial charge in [0.15, 0.2) is 31.2 Å². The lowest BCUT2D eigenvalue weighted by Gasteiger charge is -2.46. The van der Waals surface area contributed by atoms with Crippen molar-refractivity contribution in [1.82, 2.24) is 9.55 Å². The van der Waals surface area contributed by atoms with Crippen LogP contribution in [-0.4, -0.2) is 65.6 Å². The molecule has 2 rings (SSSR count). The van der Waals surface area contributed by atoms with Crippen molar-refractivity contribution in [2.24, 2.45) is 0 Å². The zero-order chi connectivity index (χ0) is 31.3. The normalized spacial score (nSPS) is 25.4. The quantitative estimate of drug-likeness (QED) is 0.315. The molecule has 1 aromatic rings. The van der Waals surface area contributed by atoms with Crippen LogP contribution in [-0.2, 0) is 18.0 Å². The van der Waals surface area contributed by atoms with Gasteiger partial charge in [-0.3, -0.25) is 14.3 Å². The summed E-state index contributed by atoms with van der Waals surface area (Å²) in [5.41, 5.74) is -2.68. The van der Waals surface area contributed by atoms with Gasteiger partial charge in [-0.25, -0.2) is 9.18 Å². The van der Waals surface area contributed by atoms with Crippen LogP contribution in [0.2, 0.25) is 54.4 Å². The maximum atomic E-state index is 15.6. The fraction of sp³-hybridized carbons (Fsp3) is 0.857. The first-order valence-electron chi connectivity index (χ1n) is 14.3. The summed E-state index contributed by atoms with van der Waals surface area (Å²) >= 11 is 0. The van der Waals surface area contributed by atoms with Crippen LogP contribution in [0, 0.1) is 0 Å². The summed E-state index contributed by atoms with van der Waals surface area (Å²) in [5.74, 6) is 0. The molecule has 4 atom stereocenters. The Kier molecular flexibility index (Phi) is 9.98. The zero-order valence-corrected chi connectivity index (χ0v) is 30.6. The summed E-state index contributed by atoms with van der Waals surface area (Å²) in [6.07, 6.45) is -1.29. The molecular formula is C28H55FN2O6Si3. The molecule has 1 saturated heterocycles. The smallest absolute Gasteiger partial charge is 0.330 e. The molecule has 0 aliphatic carbocycles. The molecule has 1 aromatic heterocycles. The Hall–Kier alpha value is -0.899. The SMILES string of the molecule is CC(C)(C)[Si](C)(C)OC[C@@]1(CF)O[C@@H](n2ccc(=O)[nH]c2=O)[C@@H](O[Si](C)(C)C(C)(C)C)[C@@H]1O[Si](C)(C)C(C)(C)C. The number of nitrogens with zero attached hydrogens (tertiary/aromatic N) is 1. The summed E-state index contributed by atoms with van der Waals surface area (Å²) in [7, 11) is -7.31. The van der Waals surface area contributed by atoms with E-state index in [-0.39, 0.29) is 21.7 Å². The van der Waals surface area contributed by atoms with Gasteiger partial charge in [0.25, 0.3) is 5.56 Å². The largest absolute Gasteiger partial charge is 0.414 e. The Bertz CT molecular complexity index is 1150. The van der Waals surface area contributed by atoms with Crippen molar-refractivity contribution in [3.8, 4) is 0 Å². The van der Waals surface area contributed by atoms with E-state index in [4.69, 9.17) is 18.0 Å². The third-order valence-electron chi connectivity index (χ3n) is 9.75. The second kappa shape index (κ2) is 11.3. The number of rotatable bonds is 9. The molecule has 1 aliphatic heterocycles. The number of nitrogens with one attached hydrogen (secondary N) is 1. The third-order valence-corrected chi connectivity index (χ3v) is 23.2. The second-order valence-corrected chi connectivity index (χ2v) is 30.2. The van der Waals surface area contributed by atoms with Gasteiger partial charge in [-0.2, -0.15) is 0 Å². The maximum Gasteiger partial charge on any atom is 0.330 e. The van der Waals surface area contributed by atoms with Crippen LogP contribution in [0.5, 0.6) is 0 Å². The van der Waals surface area contributed by atoms with E-state index in [1.807, 2.05) is 0 Å². The van der Waals surface area contributed by atoms with Crippen molar-refractivity contribution >= 4 is 25.0 Å². The Morgan fingerprint density at radius 2 is 1.35 bits per heavy atom. The van der Waals surface area contributed by atoms with Crippen molar-refractivity contribution < 1.29 is 22.4 Å². The fourth-order valence-corrected chi connectivity index (χ4v) is 7.40. The molecule has 0 unspecified atom stereocenters. The fourth-order valence-electron chi connectivity index (χ4n) is 3.75. The Balaban J connectivity index is 2.81. The molecule has 0 saturated carbocycles. The third kappa shape index (κ3) is 7.17. The van der Waals surface area contributed by atoms with Gasteiger partial charge in [0, 0.05) is 12.3 Å². The van der Waals surface area contributed by atoms with E-state index in [0.29, 0.717) is 0 Å². The van der Waals surface area contributed by atoms with Gasteiger partial charge in [-0.15, -0.1) is 0 Å². The van der Waals surface area contributed by atoms with Crippen LogP contribution < -0.4 is 11.2 Å². The predicted octanol–water partition coefficient (Wildman–Crippen LogP) is 6.58. The van der Waals surface area contributed by atoms with Crippen molar-refractivity contribution in [3.63, 3.8) is 0 Å². The van der Waals surface area contributed by atoms with Crippen LogP contribution in [0.4, 0.5) is 4.39 Å². The summed E-state index contributed by atoms with van der Waals surface area (Å²) in [6, 6.07) is 1.26. The maximum absolute atomic E-state index is 15.6. The number of ether oxygens (including phenoxy) is 1. The van der Waals surface area contributed by atoms with Gasteiger partial charge in [-0.1, -0.05) is 62.3 Å². The summed E-state index contributed by atoms with van der Waals surface area (Å²) < 4.78 is 44.1. The molecule has 0 aromatic carbocycles. The molecule has 0 amide bonds.